The van der Waals surface area contributed by atoms with Crippen LogP contribution in [0.15, 0.2) is 4.99 Å². The summed E-state index contributed by atoms with van der Waals surface area (Å²) in [5.41, 5.74) is -4.34. The Kier molecular flexibility index (Phi) is 16.5. The number of ether oxygens (including phenoxy) is 7. The molecule has 0 aromatic carbocycles. The minimum absolute atomic E-state index is 0.00147. The molecule has 338 valence electrons. The summed E-state index contributed by atoms with van der Waals surface area (Å²) < 4.78 is 45.1. The van der Waals surface area contributed by atoms with E-state index in [4.69, 9.17) is 38.2 Å². The monoisotopic (exact) mass is 830 g/mol. The summed E-state index contributed by atoms with van der Waals surface area (Å²) in [5.74, 6) is -2.49. The van der Waals surface area contributed by atoms with Crippen molar-refractivity contribution in [3.63, 3.8) is 0 Å². The van der Waals surface area contributed by atoms with E-state index in [9.17, 15) is 25.2 Å². The Hall–Kier alpha value is -1.66. The fourth-order valence-corrected chi connectivity index (χ4v) is 9.86. The third-order valence-electron chi connectivity index (χ3n) is 13.3. The second-order valence-corrected chi connectivity index (χ2v) is 19.0. The first-order chi connectivity index (χ1) is 26.9. The molecule has 4 N–H and O–H groups in total. The Bertz CT molecular complexity index is 1370. The molecular weight excluding hydrogens is 750 g/mol. The minimum atomic E-state index is -1.80. The zero-order valence-corrected chi connectivity index (χ0v) is 38.1. The SMILES string of the molecule is CCCN1C[C@H](C)C[C@@](C)(O)[C@H](O[C@H]2O[C@H](C)C[C@H]3[C@H]2OC(=NC(C)C)N3C)[C@@H](C)[C@H](O[C@H]2C[C@@](C)(OC)[C@@H](O)[C@H](C)O2)[C@@H](C)C(=O)O[C@H](CC)[C@@](C)(O)[C@H](O)[C@H]1C. The third kappa shape index (κ3) is 10.7. The maximum atomic E-state index is 14.4. The van der Waals surface area contributed by atoms with E-state index >= 15 is 0 Å². The third-order valence-corrected chi connectivity index (χ3v) is 13.3. The molecule has 15 heteroatoms. The average molecular weight is 830 g/mol. The van der Waals surface area contributed by atoms with Crippen LogP contribution >= 0.6 is 0 Å². The van der Waals surface area contributed by atoms with Crippen LogP contribution < -0.4 is 0 Å². The molecule has 0 aromatic rings. The molecule has 4 rings (SSSR count). The molecule has 58 heavy (non-hydrogen) atoms. The molecule has 0 radical (unpaired) electrons. The molecule has 0 amide bonds. The Morgan fingerprint density at radius 1 is 0.948 bits per heavy atom. The van der Waals surface area contributed by atoms with Gasteiger partial charge in [0.1, 0.15) is 23.9 Å². The van der Waals surface area contributed by atoms with Gasteiger partial charge in [0, 0.05) is 45.1 Å². The zero-order valence-electron chi connectivity index (χ0n) is 38.1. The van der Waals surface area contributed by atoms with Crippen LogP contribution in [0.25, 0.3) is 0 Å². The number of fused-ring (bicyclic) bond motifs is 1. The van der Waals surface area contributed by atoms with Crippen molar-refractivity contribution in [3.8, 4) is 0 Å². The Labute approximate surface area is 348 Å². The van der Waals surface area contributed by atoms with Gasteiger partial charge in [-0.05, 0) is 100 Å². The van der Waals surface area contributed by atoms with Crippen molar-refractivity contribution in [3.05, 3.63) is 0 Å². The lowest BCUT2D eigenvalue weighted by Gasteiger charge is -2.48. The number of carbonyl (C=O) groups excluding carboxylic acids is 1. The van der Waals surface area contributed by atoms with Crippen LogP contribution in [0.4, 0.5) is 0 Å². The lowest BCUT2D eigenvalue weighted by atomic mass is 9.77. The zero-order chi connectivity index (χ0) is 43.7. The normalized spacial score (nSPS) is 47.3. The number of methoxy groups -OCH3 is 1. The van der Waals surface area contributed by atoms with E-state index in [1.54, 1.807) is 34.6 Å². The van der Waals surface area contributed by atoms with E-state index in [0.29, 0.717) is 25.5 Å². The first-order valence-electron chi connectivity index (χ1n) is 21.8. The van der Waals surface area contributed by atoms with Crippen LogP contribution in [-0.2, 0) is 38.0 Å². The summed E-state index contributed by atoms with van der Waals surface area (Å²) in [6, 6.07) is -0.107. The predicted molar refractivity (Wildman–Crippen MR) is 219 cm³/mol. The van der Waals surface area contributed by atoms with Gasteiger partial charge in [-0.15, -0.1) is 0 Å². The molecule has 0 bridgehead atoms. The Morgan fingerprint density at radius 2 is 1.60 bits per heavy atom. The van der Waals surface area contributed by atoms with E-state index in [2.05, 4.69) is 18.7 Å². The molecule has 18 atom stereocenters. The number of aliphatic hydroxyl groups is 4. The fourth-order valence-electron chi connectivity index (χ4n) is 9.86. The Morgan fingerprint density at radius 3 is 2.19 bits per heavy atom. The first-order valence-corrected chi connectivity index (χ1v) is 21.8. The number of esters is 1. The van der Waals surface area contributed by atoms with Gasteiger partial charge < -0.3 is 58.5 Å². The number of amidine groups is 1. The number of carbonyl (C=O) groups is 1. The molecule has 4 aliphatic rings. The number of aliphatic imine (C=N–C) groups is 1. The van der Waals surface area contributed by atoms with Gasteiger partial charge in [0.15, 0.2) is 18.7 Å². The van der Waals surface area contributed by atoms with Gasteiger partial charge in [-0.1, -0.05) is 27.7 Å². The summed E-state index contributed by atoms with van der Waals surface area (Å²) in [6.07, 6.45) is -6.39. The molecule has 0 spiro atoms. The van der Waals surface area contributed by atoms with Crippen LogP contribution in [0.2, 0.25) is 0 Å². The number of likely N-dealkylation sites (N-methyl/N-ethyl adjacent to an activating group) is 1. The van der Waals surface area contributed by atoms with Crippen LogP contribution in [0.5, 0.6) is 0 Å². The quantitative estimate of drug-likeness (QED) is 0.246. The van der Waals surface area contributed by atoms with Gasteiger partial charge >= 0.3 is 5.97 Å². The van der Waals surface area contributed by atoms with Gasteiger partial charge in [-0.3, -0.25) is 9.69 Å². The van der Waals surface area contributed by atoms with Crippen molar-refractivity contribution in [2.75, 3.05) is 27.2 Å². The molecule has 0 aromatic heterocycles. The minimum Gasteiger partial charge on any atom is -0.459 e. The van der Waals surface area contributed by atoms with Crippen LogP contribution in [0, 0.1) is 17.8 Å². The van der Waals surface area contributed by atoms with Crippen molar-refractivity contribution in [1.82, 2.24) is 9.80 Å². The van der Waals surface area contributed by atoms with E-state index in [0.717, 1.165) is 6.42 Å². The van der Waals surface area contributed by atoms with Crippen molar-refractivity contribution >= 4 is 12.0 Å². The van der Waals surface area contributed by atoms with Crippen molar-refractivity contribution in [2.45, 2.75) is 218 Å². The predicted octanol–water partition coefficient (Wildman–Crippen LogP) is 3.85. The number of hydrogen-bond donors (Lipinski definition) is 4. The van der Waals surface area contributed by atoms with Crippen LogP contribution in [0.1, 0.15) is 122 Å². The van der Waals surface area contributed by atoms with Crippen molar-refractivity contribution in [1.29, 1.82) is 0 Å². The smallest absolute Gasteiger partial charge is 0.311 e. The standard InChI is InChI=1S/C43H79N3O12/c1-16-18-46-22-24(5)20-41(11,50)37(58-39-34-30(19-25(6)53-39)45(14)40(57-34)44-23(3)4)26(7)33(56-32-21-42(12,52-15)36(48)29(10)54-32)27(8)38(49)55-31(17-2)43(13,51)35(47)28(46)9/h23-37,39,47-48,50-51H,16-22H2,1-15H3/t24-,25-,26+,27-,28-,29+,30+,31-,32+,33+,34-,35-,36+,37-,39-,41-,42-,43-/m1/s1. The molecule has 4 heterocycles. The number of cyclic esters (lactones) is 1. The summed E-state index contributed by atoms with van der Waals surface area (Å²) >= 11 is 0. The van der Waals surface area contributed by atoms with E-state index in [1.165, 1.54) is 14.0 Å². The number of hydrogen-bond acceptors (Lipinski definition) is 14. The van der Waals surface area contributed by atoms with Gasteiger partial charge in [-0.2, -0.15) is 0 Å². The second-order valence-electron chi connectivity index (χ2n) is 19.0. The lowest BCUT2D eigenvalue weighted by molar-refractivity contribution is -0.313. The molecule has 4 saturated heterocycles. The molecule has 15 nitrogen and oxygen atoms in total. The van der Waals surface area contributed by atoms with E-state index < -0.39 is 96.0 Å². The summed E-state index contributed by atoms with van der Waals surface area (Å²) in [5, 5.41) is 47.6. The summed E-state index contributed by atoms with van der Waals surface area (Å²) in [4.78, 5) is 23.3. The highest BCUT2D eigenvalue weighted by molar-refractivity contribution is 5.76. The van der Waals surface area contributed by atoms with E-state index in [1.807, 2.05) is 46.6 Å². The second kappa shape index (κ2) is 19.6. The van der Waals surface area contributed by atoms with E-state index in [-0.39, 0.29) is 43.4 Å². The van der Waals surface area contributed by atoms with Crippen LogP contribution in [-0.4, -0.2) is 166 Å². The summed E-state index contributed by atoms with van der Waals surface area (Å²) in [7, 11) is 3.48. The lowest BCUT2D eigenvalue weighted by Crippen LogP contribution is -2.60. The van der Waals surface area contributed by atoms with Crippen LogP contribution in [0.3, 0.4) is 0 Å². The highest BCUT2D eigenvalue weighted by atomic mass is 16.7. The largest absolute Gasteiger partial charge is 0.459 e. The van der Waals surface area contributed by atoms with Gasteiger partial charge in [0.05, 0.1) is 47.6 Å². The molecule has 0 unspecified atom stereocenters. The average Bonchev–Trinajstić information content (AvgIpc) is 3.44. The number of rotatable bonds is 9. The molecule has 0 aliphatic carbocycles. The number of aliphatic hydroxyl groups excluding tert-OH is 2. The highest BCUT2D eigenvalue weighted by Gasteiger charge is 2.55. The molecule has 0 saturated carbocycles. The maximum absolute atomic E-state index is 14.4. The fraction of sp³-hybridized carbons (Fsp3) is 0.953. The molecule has 4 fully saturated rings. The van der Waals surface area contributed by atoms with Gasteiger partial charge in [-0.25, -0.2) is 4.99 Å². The topological polar surface area (TPSA) is 181 Å². The van der Waals surface area contributed by atoms with Crippen molar-refractivity contribution in [2.24, 2.45) is 22.7 Å². The summed E-state index contributed by atoms with van der Waals surface area (Å²) in [6.45, 7) is 25.3. The van der Waals surface area contributed by atoms with Gasteiger partial charge in [0.2, 0.25) is 0 Å². The number of nitrogens with zero attached hydrogens (tertiary/aromatic N) is 3. The maximum Gasteiger partial charge on any atom is 0.311 e. The van der Waals surface area contributed by atoms with Gasteiger partial charge in [0.25, 0.3) is 6.02 Å². The first kappa shape index (κ1) is 49.0. The molecule has 4 aliphatic heterocycles. The Balaban J connectivity index is 1.85. The van der Waals surface area contributed by atoms with Crippen molar-refractivity contribution < 1.29 is 58.4 Å². The molecular formula is C43H79N3O12. The highest BCUT2D eigenvalue weighted by Crippen LogP contribution is 2.41.